The van der Waals surface area contributed by atoms with Crippen molar-refractivity contribution in [3.8, 4) is 0 Å². The molecule has 5 atom stereocenters. The molecule has 0 aromatic heterocycles. The van der Waals surface area contributed by atoms with E-state index in [0.29, 0.717) is 28.7 Å². The molecule has 23 heavy (non-hydrogen) atoms. The lowest BCUT2D eigenvalue weighted by Crippen LogP contribution is -2.55. The summed E-state index contributed by atoms with van der Waals surface area (Å²) in [5.74, 6) is 0.897. The second kappa shape index (κ2) is 6.94. The highest BCUT2D eigenvalue weighted by Crippen LogP contribution is 2.43. The van der Waals surface area contributed by atoms with Crippen LogP contribution in [-0.2, 0) is 4.79 Å². The second-order valence-corrected chi connectivity index (χ2v) is 8.47. The first-order chi connectivity index (χ1) is 11.0. The highest BCUT2D eigenvalue weighted by atomic mass is 79.9. The number of anilines is 1. The van der Waals surface area contributed by atoms with Gasteiger partial charge >= 0.3 is 0 Å². The maximum Gasteiger partial charge on any atom is 0.230 e. The van der Waals surface area contributed by atoms with Gasteiger partial charge in [0.1, 0.15) is 0 Å². The van der Waals surface area contributed by atoms with E-state index in [1.807, 2.05) is 18.2 Å². The molecule has 126 valence electrons. The third kappa shape index (κ3) is 3.20. The third-order valence-corrected chi connectivity index (χ3v) is 6.92. The first kappa shape index (κ1) is 17.0. The van der Waals surface area contributed by atoms with Gasteiger partial charge in [0.05, 0.1) is 6.04 Å². The van der Waals surface area contributed by atoms with Gasteiger partial charge in [0.25, 0.3) is 0 Å². The van der Waals surface area contributed by atoms with Gasteiger partial charge in [-0.3, -0.25) is 4.79 Å². The maximum atomic E-state index is 13.3. The first-order valence-electron chi connectivity index (χ1n) is 8.69. The van der Waals surface area contributed by atoms with Gasteiger partial charge in [-0.25, -0.2) is 0 Å². The molecule has 4 heteroatoms. The number of halogens is 1. The van der Waals surface area contributed by atoms with E-state index in [1.54, 1.807) is 0 Å². The van der Waals surface area contributed by atoms with Gasteiger partial charge in [-0.1, -0.05) is 41.1 Å². The Kier molecular flexibility index (Phi) is 5.12. The molecule has 0 spiro atoms. The Labute approximate surface area is 148 Å². The fraction of sp³-hybridized carbons (Fsp3) is 0.632. The molecule has 5 unspecified atom stereocenters. The number of carbonyl (C=O) groups excluding carboxylic acids is 1. The topological polar surface area (TPSA) is 23.6 Å². The molecule has 0 aliphatic heterocycles. The summed E-state index contributed by atoms with van der Waals surface area (Å²) in [6, 6.07) is 11.0. The normalized spacial score (nSPS) is 33.5. The van der Waals surface area contributed by atoms with E-state index < -0.39 is 0 Å². The molecule has 2 aliphatic carbocycles. The van der Waals surface area contributed by atoms with E-state index >= 15 is 0 Å². The Morgan fingerprint density at radius 3 is 2.35 bits per heavy atom. The van der Waals surface area contributed by atoms with Crippen LogP contribution in [0.2, 0.25) is 0 Å². The third-order valence-electron chi connectivity index (χ3n) is 5.71. The summed E-state index contributed by atoms with van der Waals surface area (Å²) in [5, 5.41) is 0. The van der Waals surface area contributed by atoms with Crippen molar-refractivity contribution in [2.24, 2.45) is 11.8 Å². The average molecular weight is 379 g/mol. The number of amides is 1. The van der Waals surface area contributed by atoms with Crippen LogP contribution in [0.5, 0.6) is 0 Å². The lowest BCUT2D eigenvalue weighted by Gasteiger charge is -2.44. The molecule has 0 radical (unpaired) electrons. The monoisotopic (exact) mass is 378 g/mol. The average Bonchev–Trinajstić information content (AvgIpc) is 3.02. The predicted molar refractivity (Wildman–Crippen MR) is 99.0 cm³/mol. The minimum Gasteiger partial charge on any atom is -0.308 e. The Bertz CT molecular complexity index is 548. The summed E-state index contributed by atoms with van der Waals surface area (Å²) in [4.78, 5) is 18.2. The summed E-state index contributed by atoms with van der Waals surface area (Å²) >= 11 is 3.68. The van der Waals surface area contributed by atoms with Crippen LogP contribution in [0.1, 0.15) is 32.6 Å². The van der Waals surface area contributed by atoms with Gasteiger partial charge in [-0.2, -0.15) is 0 Å². The quantitative estimate of drug-likeness (QED) is 0.741. The van der Waals surface area contributed by atoms with Gasteiger partial charge in [0.2, 0.25) is 5.91 Å². The standard InChI is InChI=1S/C19H27BrN2O/c1-13-15(12-16(13)20)19(23)22(14-8-5-4-6-9-14)18-11-7-10-17(18)21(2)3/h4-6,8-9,13,15-18H,7,10-12H2,1-3H3. The van der Waals surface area contributed by atoms with E-state index in [4.69, 9.17) is 0 Å². The Morgan fingerprint density at radius 2 is 1.78 bits per heavy atom. The zero-order valence-electron chi connectivity index (χ0n) is 14.3. The summed E-state index contributed by atoms with van der Waals surface area (Å²) in [6.45, 7) is 2.19. The zero-order chi connectivity index (χ0) is 16.6. The molecule has 3 nitrogen and oxygen atoms in total. The summed E-state index contributed by atoms with van der Waals surface area (Å²) in [6.07, 6.45) is 4.44. The molecule has 3 rings (SSSR count). The van der Waals surface area contributed by atoms with E-state index in [1.165, 1.54) is 12.8 Å². The molecule has 0 bridgehead atoms. The van der Waals surface area contributed by atoms with Crippen LogP contribution in [0.15, 0.2) is 30.3 Å². The molecule has 0 saturated heterocycles. The van der Waals surface area contributed by atoms with Crippen molar-refractivity contribution in [1.82, 2.24) is 4.90 Å². The van der Waals surface area contributed by atoms with Crippen LogP contribution >= 0.6 is 15.9 Å². The number of hydrogen-bond acceptors (Lipinski definition) is 2. The second-order valence-electron chi connectivity index (χ2n) is 7.29. The predicted octanol–water partition coefficient (Wildman–Crippen LogP) is 3.92. The molecule has 1 aromatic rings. The number of hydrogen-bond donors (Lipinski definition) is 0. The number of alkyl halides is 1. The molecule has 1 aromatic carbocycles. The molecular formula is C19H27BrN2O. The van der Waals surface area contributed by atoms with Gasteiger partial charge < -0.3 is 9.80 Å². The largest absolute Gasteiger partial charge is 0.308 e. The molecule has 2 aliphatic rings. The maximum absolute atomic E-state index is 13.3. The van der Waals surface area contributed by atoms with Crippen LogP contribution in [0.4, 0.5) is 5.69 Å². The van der Waals surface area contributed by atoms with Crippen LogP contribution in [0.3, 0.4) is 0 Å². The number of carbonyl (C=O) groups is 1. The number of benzene rings is 1. The molecule has 2 fully saturated rings. The molecule has 0 N–H and O–H groups in total. The smallest absolute Gasteiger partial charge is 0.230 e. The van der Waals surface area contributed by atoms with Crippen molar-refractivity contribution in [1.29, 1.82) is 0 Å². The fourth-order valence-electron chi connectivity index (χ4n) is 4.13. The highest BCUT2D eigenvalue weighted by Gasteiger charge is 2.46. The molecular weight excluding hydrogens is 352 g/mol. The Hall–Kier alpha value is -0.870. The number of likely N-dealkylation sites (N-methyl/N-ethyl adjacent to an activating group) is 1. The van der Waals surface area contributed by atoms with E-state index in [-0.39, 0.29) is 5.92 Å². The Morgan fingerprint density at radius 1 is 1.13 bits per heavy atom. The van der Waals surface area contributed by atoms with Crippen LogP contribution < -0.4 is 4.90 Å². The van der Waals surface area contributed by atoms with Crippen molar-refractivity contribution in [3.05, 3.63) is 30.3 Å². The van der Waals surface area contributed by atoms with Gasteiger partial charge in [0.15, 0.2) is 0 Å². The zero-order valence-corrected chi connectivity index (χ0v) is 15.9. The highest BCUT2D eigenvalue weighted by molar-refractivity contribution is 9.09. The van der Waals surface area contributed by atoms with Gasteiger partial charge in [0, 0.05) is 22.5 Å². The first-order valence-corrected chi connectivity index (χ1v) is 9.61. The minimum absolute atomic E-state index is 0.156. The van der Waals surface area contributed by atoms with Gasteiger partial charge in [-0.05, 0) is 57.8 Å². The van der Waals surface area contributed by atoms with Crippen molar-refractivity contribution in [2.75, 3.05) is 19.0 Å². The fourth-order valence-corrected chi connectivity index (χ4v) is 4.90. The van der Waals surface area contributed by atoms with E-state index in [0.717, 1.165) is 18.5 Å². The molecule has 2 saturated carbocycles. The molecule has 1 amide bonds. The van der Waals surface area contributed by atoms with Crippen LogP contribution in [0.25, 0.3) is 0 Å². The SMILES string of the molecule is CC1C(Br)CC1C(=O)N(c1ccccc1)C1CCCC1N(C)C. The number of para-hydroxylation sites is 1. The lowest BCUT2D eigenvalue weighted by atomic mass is 9.73. The number of nitrogens with zero attached hydrogens (tertiary/aromatic N) is 2. The summed E-state index contributed by atoms with van der Waals surface area (Å²) < 4.78 is 0. The minimum atomic E-state index is 0.156. The number of rotatable bonds is 4. The summed E-state index contributed by atoms with van der Waals surface area (Å²) in [7, 11) is 4.27. The van der Waals surface area contributed by atoms with Crippen molar-refractivity contribution in [2.45, 2.75) is 49.5 Å². The van der Waals surface area contributed by atoms with Crippen molar-refractivity contribution in [3.63, 3.8) is 0 Å². The van der Waals surface area contributed by atoms with Crippen molar-refractivity contribution < 1.29 is 4.79 Å². The van der Waals surface area contributed by atoms with Gasteiger partial charge in [-0.15, -0.1) is 0 Å². The van der Waals surface area contributed by atoms with E-state index in [9.17, 15) is 4.79 Å². The van der Waals surface area contributed by atoms with E-state index in [2.05, 4.69) is 58.9 Å². The lowest BCUT2D eigenvalue weighted by molar-refractivity contribution is -0.127. The Balaban J connectivity index is 1.90. The van der Waals surface area contributed by atoms with Crippen LogP contribution in [-0.4, -0.2) is 41.8 Å². The summed E-state index contributed by atoms with van der Waals surface area (Å²) in [5.41, 5.74) is 1.06. The van der Waals surface area contributed by atoms with Crippen molar-refractivity contribution >= 4 is 27.5 Å². The van der Waals surface area contributed by atoms with Crippen LogP contribution in [0, 0.1) is 11.8 Å². The molecule has 0 heterocycles.